The molecule has 2 N–H and O–H groups in total. The van der Waals surface area contributed by atoms with Crippen LogP contribution in [-0.2, 0) is 4.79 Å². The number of rotatable bonds is 2. The van der Waals surface area contributed by atoms with Gasteiger partial charge in [0.2, 0.25) is 5.91 Å². The Morgan fingerprint density at radius 2 is 2.07 bits per heavy atom. The van der Waals surface area contributed by atoms with Crippen molar-refractivity contribution in [1.29, 1.82) is 0 Å². The molecule has 2 unspecified atom stereocenters. The molecule has 2 saturated heterocycles. The van der Waals surface area contributed by atoms with Crippen LogP contribution in [0.2, 0.25) is 0 Å². The summed E-state index contributed by atoms with van der Waals surface area (Å²) in [6.07, 6.45) is 3.28. The van der Waals surface area contributed by atoms with E-state index in [1.807, 2.05) is 11.8 Å². The van der Waals surface area contributed by atoms with Crippen LogP contribution in [0.25, 0.3) is 0 Å². The molecule has 2 rings (SSSR count). The van der Waals surface area contributed by atoms with Gasteiger partial charge in [0.15, 0.2) is 0 Å². The summed E-state index contributed by atoms with van der Waals surface area (Å²) in [6, 6.07) is 0.787. The van der Waals surface area contributed by atoms with Gasteiger partial charge in [0.25, 0.3) is 0 Å². The first-order valence-electron chi connectivity index (χ1n) is 5.89. The number of carbonyl (C=O) groups is 1. The van der Waals surface area contributed by atoms with Crippen LogP contribution < -0.4 is 10.6 Å². The maximum Gasteiger partial charge on any atom is 0.224 e. The van der Waals surface area contributed by atoms with E-state index in [1.54, 1.807) is 0 Å². The summed E-state index contributed by atoms with van der Waals surface area (Å²) in [6.45, 7) is 3.09. The van der Waals surface area contributed by atoms with E-state index in [4.69, 9.17) is 0 Å². The van der Waals surface area contributed by atoms with Gasteiger partial charge in [-0.3, -0.25) is 4.79 Å². The van der Waals surface area contributed by atoms with Crippen LogP contribution in [0.15, 0.2) is 0 Å². The van der Waals surface area contributed by atoms with Gasteiger partial charge in [0.1, 0.15) is 0 Å². The first-order valence-corrected chi connectivity index (χ1v) is 7.04. The largest absolute Gasteiger partial charge is 0.353 e. The standard InChI is InChI=1S/C11H20N2OS/c1-8-10(2-5-12-8)11(14)13-9-3-6-15-7-4-9/h8-10,12H,2-7H2,1H3,(H,13,14). The number of hydrogen-bond acceptors (Lipinski definition) is 3. The smallest absolute Gasteiger partial charge is 0.224 e. The quantitative estimate of drug-likeness (QED) is 0.741. The predicted molar refractivity (Wildman–Crippen MR) is 64.1 cm³/mol. The van der Waals surface area contributed by atoms with E-state index in [2.05, 4.69) is 17.6 Å². The second-order valence-electron chi connectivity index (χ2n) is 4.53. The van der Waals surface area contributed by atoms with Crippen molar-refractivity contribution in [3.8, 4) is 0 Å². The molecule has 0 aromatic rings. The normalized spacial score (nSPS) is 32.9. The highest BCUT2D eigenvalue weighted by Crippen LogP contribution is 2.19. The average molecular weight is 228 g/mol. The first-order chi connectivity index (χ1) is 7.27. The fraction of sp³-hybridized carbons (Fsp3) is 0.909. The van der Waals surface area contributed by atoms with E-state index in [1.165, 1.54) is 11.5 Å². The molecular weight excluding hydrogens is 208 g/mol. The lowest BCUT2D eigenvalue weighted by Gasteiger charge is -2.25. The molecule has 1 amide bonds. The van der Waals surface area contributed by atoms with Crippen molar-refractivity contribution in [2.75, 3.05) is 18.1 Å². The molecule has 0 aromatic carbocycles. The van der Waals surface area contributed by atoms with Gasteiger partial charge < -0.3 is 10.6 Å². The van der Waals surface area contributed by atoms with Crippen molar-refractivity contribution in [3.63, 3.8) is 0 Å². The fourth-order valence-electron chi connectivity index (χ4n) is 2.37. The third kappa shape index (κ3) is 2.88. The van der Waals surface area contributed by atoms with Crippen molar-refractivity contribution < 1.29 is 4.79 Å². The van der Waals surface area contributed by atoms with E-state index < -0.39 is 0 Å². The molecule has 15 heavy (non-hydrogen) atoms. The van der Waals surface area contributed by atoms with Crippen LogP contribution in [0.1, 0.15) is 26.2 Å². The maximum atomic E-state index is 12.0. The summed E-state index contributed by atoms with van der Waals surface area (Å²) in [5, 5.41) is 6.52. The lowest BCUT2D eigenvalue weighted by Crippen LogP contribution is -2.43. The monoisotopic (exact) mass is 228 g/mol. The fourth-order valence-corrected chi connectivity index (χ4v) is 3.47. The zero-order valence-electron chi connectivity index (χ0n) is 9.29. The highest BCUT2D eigenvalue weighted by Gasteiger charge is 2.30. The summed E-state index contributed by atoms with van der Waals surface area (Å²) in [5.41, 5.74) is 0. The Kier molecular flexibility index (Phi) is 3.92. The summed E-state index contributed by atoms with van der Waals surface area (Å²) in [4.78, 5) is 12.0. The molecule has 0 radical (unpaired) electrons. The Bertz CT molecular complexity index is 229. The third-order valence-electron chi connectivity index (χ3n) is 3.43. The minimum atomic E-state index is 0.194. The lowest BCUT2D eigenvalue weighted by atomic mass is 10.00. The Morgan fingerprint density at radius 3 is 2.67 bits per heavy atom. The van der Waals surface area contributed by atoms with Crippen molar-refractivity contribution in [1.82, 2.24) is 10.6 Å². The third-order valence-corrected chi connectivity index (χ3v) is 4.48. The molecule has 0 bridgehead atoms. The van der Waals surface area contributed by atoms with Gasteiger partial charge in [-0.15, -0.1) is 0 Å². The minimum absolute atomic E-state index is 0.194. The van der Waals surface area contributed by atoms with Crippen LogP contribution in [0.5, 0.6) is 0 Å². The molecule has 2 atom stereocenters. The molecule has 4 heteroatoms. The topological polar surface area (TPSA) is 41.1 Å². The number of thioether (sulfide) groups is 1. The second kappa shape index (κ2) is 5.21. The minimum Gasteiger partial charge on any atom is -0.353 e. The van der Waals surface area contributed by atoms with Gasteiger partial charge >= 0.3 is 0 Å². The Hall–Kier alpha value is -0.220. The number of carbonyl (C=O) groups excluding carboxylic acids is 1. The SMILES string of the molecule is CC1NCCC1C(=O)NC1CCSCC1. The molecule has 2 heterocycles. The van der Waals surface area contributed by atoms with E-state index >= 15 is 0 Å². The van der Waals surface area contributed by atoms with Crippen molar-refractivity contribution in [2.24, 2.45) is 5.92 Å². The maximum absolute atomic E-state index is 12.0. The summed E-state index contributed by atoms with van der Waals surface area (Å²) in [7, 11) is 0. The van der Waals surface area contributed by atoms with Crippen molar-refractivity contribution in [3.05, 3.63) is 0 Å². The Morgan fingerprint density at radius 1 is 1.33 bits per heavy atom. The first kappa shape index (κ1) is 11.3. The van der Waals surface area contributed by atoms with E-state index in [0.29, 0.717) is 12.1 Å². The number of amides is 1. The van der Waals surface area contributed by atoms with Gasteiger partial charge in [0.05, 0.1) is 5.92 Å². The number of hydrogen-bond donors (Lipinski definition) is 2. The van der Waals surface area contributed by atoms with E-state index in [9.17, 15) is 4.79 Å². The summed E-state index contributed by atoms with van der Waals surface area (Å²) >= 11 is 1.99. The highest BCUT2D eigenvalue weighted by molar-refractivity contribution is 7.99. The zero-order valence-corrected chi connectivity index (χ0v) is 10.1. The molecule has 0 aliphatic carbocycles. The van der Waals surface area contributed by atoms with Gasteiger partial charge in [0, 0.05) is 12.1 Å². The van der Waals surface area contributed by atoms with E-state index in [0.717, 1.165) is 25.8 Å². The molecule has 2 fully saturated rings. The van der Waals surface area contributed by atoms with Crippen LogP contribution >= 0.6 is 11.8 Å². The van der Waals surface area contributed by atoms with Crippen LogP contribution in [0.3, 0.4) is 0 Å². The lowest BCUT2D eigenvalue weighted by molar-refractivity contribution is -0.125. The number of nitrogens with one attached hydrogen (secondary N) is 2. The molecule has 2 aliphatic rings. The molecule has 0 aromatic heterocycles. The summed E-state index contributed by atoms with van der Waals surface area (Å²) < 4.78 is 0. The average Bonchev–Trinajstić information content (AvgIpc) is 2.66. The summed E-state index contributed by atoms with van der Waals surface area (Å²) in [5.74, 6) is 2.86. The molecular formula is C11H20N2OS. The van der Waals surface area contributed by atoms with Crippen molar-refractivity contribution in [2.45, 2.75) is 38.3 Å². The molecule has 0 spiro atoms. The molecule has 86 valence electrons. The molecule has 0 saturated carbocycles. The zero-order chi connectivity index (χ0) is 10.7. The van der Waals surface area contributed by atoms with E-state index in [-0.39, 0.29) is 11.8 Å². The predicted octanol–water partition coefficient (Wildman–Crippen LogP) is 0.996. The molecule has 2 aliphatic heterocycles. The van der Waals surface area contributed by atoms with Gasteiger partial charge in [-0.2, -0.15) is 11.8 Å². The second-order valence-corrected chi connectivity index (χ2v) is 5.76. The molecule has 3 nitrogen and oxygen atoms in total. The van der Waals surface area contributed by atoms with Gasteiger partial charge in [-0.25, -0.2) is 0 Å². The Balaban J connectivity index is 1.80. The highest BCUT2D eigenvalue weighted by atomic mass is 32.2. The Labute approximate surface area is 95.8 Å². The van der Waals surface area contributed by atoms with Gasteiger partial charge in [-0.1, -0.05) is 0 Å². The van der Waals surface area contributed by atoms with Crippen molar-refractivity contribution >= 4 is 17.7 Å². The van der Waals surface area contributed by atoms with Crippen LogP contribution in [-0.4, -0.2) is 36.0 Å². The van der Waals surface area contributed by atoms with Crippen LogP contribution in [0.4, 0.5) is 0 Å². The van der Waals surface area contributed by atoms with Crippen LogP contribution in [0, 0.1) is 5.92 Å². The van der Waals surface area contributed by atoms with Gasteiger partial charge in [-0.05, 0) is 44.2 Å².